The maximum Gasteiger partial charge on any atom is 0.278 e. The lowest BCUT2D eigenvalue weighted by Crippen LogP contribution is -2.38. The van der Waals surface area contributed by atoms with Gasteiger partial charge in [0, 0.05) is 22.3 Å². The Hall–Kier alpha value is -2.30. The number of amides is 2. The Kier molecular flexibility index (Phi) is 5.82. The molecule has 3 rings (SSSR count). The van der Waals surface area contributed by atoms with Crippen LogP contribution in [0.3, 0.4) is 0 Å². The van der Waals surface area contributed by atoms with Crippen molar-refractivity contribution in [3.05, 3.63) is 69.3 Å². The molecule has 2 aromatic carbocycles. The molecule has 0 atom stereocenters. The Morgan fingerprint density at radius 1 is 0.893 bits per heavy atom. The number of carbonyl (C=O) groups excluding carboxylic acids is 2. The number of carbonyl (C=O) groups is 2. The van der Waals surface area contributed by atoms with Gasteiger partial charge in [-0.2, -0.15) is 0 Å². The van der Waals surface area contributed by atoms with Gasteiger partial charge in [-0.25, -0.2) is 0 Å². The summed E-state index contributed by atoms with van der Waals surface area (Å²) in [4.78, 5) is 27.3. The van der Waals surface area contributed by atoms with E-state index >= 15 is 0 Å². The number of rotatable bonds is 5. The summed E-state index contributed by atoms with van der Waals surface area (Å²) in [7, 11) is 0. The van der Waals surface area contributed by atoms with Crippen molar-refractivity contribution in [1.29, 1.82) is 0 Å². The van der Waals surface area contributed by atoms with Gasteiger partial charge >= 0.3 is 0 Å². The molecule has 146 valence electrons. The Bertz CT molecular complexity index is 963. The van der Waals surface area contributed by atoms with Gasteiger partial charge in [0.05, 0.1) is 10.6 Å². The summed E-state index contributed by atoms with van der Waals surface area (Å²) in [5.74, 6) is -0.331. The van der Waals surface area contributed by atoms with Crippen molar-refractivity contribution in [2.45, 2.75) is 39.7 Å². The number of halogens is 2. The molecule has 1 heterocycles. The second-order valence-corrected chi connectivity index (χ2v) is 8.19. The lowest BCUT2D eigenvalue weighted by Gasteiger charge is -2.19. The highest BCUT2D eigenvalue weighted by Gasteiger charge is 2.41. The quantitative estimate of drug-likeness (QED) is 0.634. The molecule has 4 nitrogen and oxygen atoms in total. The SMILES string of the molecule is CC(C)c1ccc(NC2=C(c3ccc(Cl)cc3Cl)C(=O)N(C(C)C)C2=O)cc1. The smallest absolute Gasteiger partial charge is 0.278 e. The van der Waals surface area contributed by atoms with Crippen molar-refractivity contribution in [3.63, 3.8) is 0 Å². The minimum absolute atomic E-state index is 0.222. The number of hydrogen-bond acceptors (Lipinski definition) is 3. The predicted molar refractivity (Wildman–Crippen MR) is 115 cm³/mol. The third kappa shape index (κ3) is 3.80. The van der Waals surface area contributed by atoms with Crippen LogP contribution >= 0.6 is 23.2 Å². The zero-order valence-electron chi connectivity index (χ0n) is 16.2. The van der Waals surface area contributed by atoms with E-state index in [9.17, 15) is 9.59 Å². The number of anilines is 1. The van der Waals surface area contributed by atoms with Crippen LogP contribution in [-0.2, 0) is 9.59 Å². The van der Waals surface area contributed by atoms with E-state index in [1.165, 1.54) is 10.5 Å². The summed E-state index contributed by atoms with van der Waals surface area (Å²) in [5, 5.41) is 3.92. The molecule has 0 saturated carbocycles. The molecule has 1 N–H and O–H groups in total. The van der Waals surface area contributed by atoms with E-state index in [1.807, 2.05) is 24.3 Å². The van der Waals surface area contributed by atoms with Gasteiger partial charge < -0.3 is 5.32 Å². The predicted octanol–water partition coefficient (Wildman–Crippen LogP) is 5.72. The van der Waals surface area contributed by atoms with Crippen LogP contribution in [0, 0.1) is 0 Å². The fraction of sp³-hybridized carbons (Fsp3) is 0.273. The number of benzene rings is 2. The normalized spacial score (nSPS) is 14.6. The topological polar surface area (TPSA) is 49.4 Å². The summed E-state index contributed by atoms with van der Waals surface area (Å²) in [6.45, 7) is 7.84. The van der Waals surface area contributed by atoms with Crippen LogP contribution in [0.4, 0.5) is 5.69 Å². The fourth-order valence-corrected chi connectivity index (χ4v) is 3.67. The van der Waals surface area contributed by atoms with Gasteiger partial charge in [0.25, 0.3) is 11.8 Å². The minimum Gasteiger partial charge on any atom is -0.350 e. The molecule has 0 aliphatic carbocycles. The van der Waals surface area contributed by atoms with E-state index in [0.29, 0.717) is 21.5 Å². The Morgan fingerprint density at radius 2 is 1.54 bits per heavy atom. The molecule has 0 spiro atoms. The molecule has 0 radical (unpaired) electrons. The van der Waals surface area contributed by atoms with Crippen molar-refractivity contribution in [2.75, 3.05) is 5.32 Å². The highest BCUT2D eigenvalue weighted by Crippen LogP contribution is 2.36. The van der Waals surface area contributed by atoms with Crippen LogP contribution in [0.2, 0.25) is 10.0 Å². The molecular weight excluding hydrogens is 395 g/mol. The van der Waals surface area contributed by atoms with Crippen LogP contribution in [0.25, 0.3) is 5.57 Å². The van der Waals surface area contributed by atoms with Crippen LogP contribution < -0.4 is 5.32 Å². The van der Waals surface area contributed by atoms with E-state index in [-0.39, 0.29) is 29.1 Å². The number of hydrogen-bond donors (Lipinski definition) is 1. The maximum atomic E-state index is 13.1. The third-order valence-electron chi connectivity index (χ3n) is 4.68. The maximum absolute atomic E-state index is 13.1. The first kappa shape index (κ1) is 20.4. The summed E-state index contributed by atoms with van der Waals surface area (Å²) >= 11 is 12.3. The zero-order chi connectivity index (χ0) is 20.6. The van der Waals surface area contributed by atoms with Crippen molar-refractivity contribution in [2.24, 2.45) is 0 Å². The lowest BCUT2D eigenvalue weighted by molar-refractivity contribution is -0.138. The minimum atomic E-state index is -0.370. The van der Waals surface area contributed by atoms with E-state index in [1.54, 1.807) is 32.0 Å². The van der Waals surface area contributed by atoms with Gasteiger partial charge in [0.15, 0.2) is 0 Å². The summed E-state index contributed by atoms with van der Waals surface area (Å²) in [5.41, 5.74) is 2.88. The molecule has 6 heteroatoms. The van der Waals surface area contributed by atoms with Gasteiger partial charge in [-0.3, -0.25) is 14.5 Å². The zero-order valence-corrected chi connectivity index (χ0v) is 17.7. The van der Waals surface area contributed by atoms with E-state index in [0.717, 1.165) is 5.69 Å². The first-order valence-electron chi connectivity index (χ1n) is 9.15. The summed E-state index contributed by atoms with van der Waals surface area (Å²) < 4.78 is 0. The molecule has 2 amide bonds. The van der Waals surface area contributed by atoms with Gasteiger partial charge in [0.1, 0.15) is 5.70 Å². The van der Waals surface area contributed by atoms with Gasteiger partial charge in [0.2, 0.25) is 0 Å². The molecule has 28 heavy (non-hydrogen) atoms. The average Bonchev–Trinajstić information content (AvgIpc) is 2.86. The highest BCUT2D eigenvalue weighted by atomic mass is 35.5. The first-order valence-corrected chi connectivity index (χ1v) is 9.91. The monoisotopic (exact) mass is 416 g/mol. The Balaban J connectivity index is 2.09. The molecule has 2 aromatic rings. The van der Waals surface area contributed by atoms with Gasteiger partial charge in [-0.15, -0.1) is 0 Å². The van der Waals surface area contributed by atoms with Crippen molar-refractivity contribution in [1.82, 2.24) is 4.90 Å². The van der Waals surface area contributed by atoms with E-state index < -0.39 is 0 Å². The van der Waals surface area contributed by atoms with E-state index in [4.69, 9.17) is 23.2 Å². The number of imide groups is 1. The van der Waals surface area contributed by atoms with Crippen LogP contribution in [-0.4, -0.2) is 22.8 Å². The van der Waals surface area contributed by atoms with E-state index in [2.05, 4.69) is 19.2 Å². The molecule has 0 bridgehead atoms. The molecular formula is C22H22Cl2N2O2. The summed E-state index contributed by atoms with van der Waals surface area (Å²) in [6, 6.07) is 12.4. The highest BCUT2D eigenvalue weighted by molar-refractivity contribution is 6.41. The molecule has 0 unspecified atom stereocenters. The van der Waals surface area contributed by atoms with Gasteiger partial charge in [-0.1, -0.05) is 55.2 Å². The van der Waals surface area contributed by atoms with Crippen molar-refractivity contribution < 1.29 is 9.59 Å². The summed E-state index contributed by atoms with van der Waals surface area (Å²) in [6.07, 6.45) is 0. The number of nitrogens with one attached hydrogen (secondary N) is 1. The molecule has 1 aliphatic heterocycles. The van der Waals surface area contributed by atoms with Crippen molar-refractivity contribution >= 4 is 46.3 Å². The molecule has 0 saturated heterocycles. The van der Waals surface area contributed by atoms with Crippen LogP contribution in [0.1, 0.15) is 44.7 Å². The van der Waals surface area contributed by atoms with Crippen LogP contribution in [0.5, 0.6) is 0 Å². The first-order chi connectivity index (χ1) is 13.2. The Labute approximate surface area is 175 Å². The third-order valence-corrected chi connectivity index (χ3v) is 5.23. The molecule has 0 aromatic heterocycles. The molecule has 0 fully saturated rings. The lowest BCUT2D eigenvalue weighted by atomic mass is 10.0. The Morgan fingerprint density at radius 3 is 2.07 bits per heavy atom. The number of nitrogens with zero attached hydrogens (tertiary/aromatic N) is 1. The van der Waals surface area contributed by atoms with Crippen molar-refractivity contribution in [3.8, 4) is 0 Å². The molecule has 1 aliphatic rings. The second kappa shape index (κ2) is 7.98. The fourth-order valence-electron chi connectivity index (χ4n) is 3.17. The van der Waals surface area contributed by atoms with Crippen LogP contribution in [0.15, 0.2) is 48.2 Å². The standard InChI is InChI=1S/C22H22Cl2N2O2/c1-12(2)14-5-8-16(9-6-14)25-20-19(17-10-7-15(23)11-18(17)24)21(27)26(13(3)4)22(20)28/h5-13,25H,1-4H3. The average molecular weight is 417 g/mol. The second-order valence-electron chi connectivity index (χ2n) is 7.35. The largest absolute Gasteiger partial charge is 0.350 e. The van der Waals surface area contributed by atoms with Gasteiger partial charge in [-0.05, 0) is 49.6 Å².